The number of benzene rings is 3. The monoisotopic (exact) mass is 456 g/mol. The van der Waals surface area contributed by atoms with Gasteiger partial charge in [-0.1, -0.05) is 42.5 Å². The summed E-state index contributed by atoms with van der Waals surface area (Å²) in [6.07, 6.45) is 1.78. The SMILES string of the molecule is COc1ccccc1-c1nn(-c2ccccc2)cc1C(=O)N1CCN(c2ccccc2F)CC1. The third-order valence-corrected chi connectivity index (χ3v) is 6.09. The number of carbonyl (C=O) groups excluding carboxylic acids is 1. The van der Waals surface area contributed by atoms with E-state index in [4.69, 9.17) is 9.84 Å². The largest absolute Gasteiger partial charge is 0.496 e. The summed E-state index contributed by atoms with van der Waals surface area (Å²) < 4.78 is 21.5. The third-order valence-electron chi connectivity index (χ3n) is 6.09. The van der Waals surface area contributed by atoms with E-state index in [2.05, 4.69) is 0 Å². The molecule has 0 radical (unpaired) electrons. The smallest absolute Gasteiger partial charge is 0.257 e. The van der Waals surface area contributed by atoms with E-state index in [0.717, 1.165) is 11.3 Å². The first-order chi connectivity index (χ1) is 16.7. The van der Waals surface area contributed by atoms with Crippen LogP contribution in [0.2, 0.25) is 0 Å². The number of aromatic nitrogens is 2. The van der Waals surface area contributed by atoms with Gasteiger partial charge in [0.25, 0.3) is 5.91 Å². The average molecular weight is 457 g/mol. The minimum Gasteiger partial charge on any atom is -0.496 e. The number of rotatable bonds is 5. The Hall–Kier alpha value is -4.13. The fourth-order valence-corrected chi connectivity index (χ4v) is 4.31. The zero-order valence-electron chi connectivity index (χ0n) is 18.9. The summed E-state index contributed by atoms with van der Waals surface area (Å²) in [5.74, 6) is 0.306. The molecule has 1 aliphatic rings. The minimum atomic E-state index is -0.245. The van der Waals surface area contributed by atoms with E-state index in [9.17, 15) is 9.18 Å². The Kier molecular flexibility index (Phi) is 5.99. The summed E-state index contributed by atoms with van der Waals surface area (Å²) in [4.78, 5) is 17.5. The molecule has 0 aliphatic carbocycles. The summed E-state index contributed by atoms with van der Waals surface area (Å²) in [5, 5.41) is 4.78. The normalized spacial score (nSPS) is 13.7. The van der Waals surface area contributed by atoms with Crippen molar-refractivity contribution in [1.29, 1.82) is 0 Å². The highest BCUT2D eigenvalue weighted by molar-refractivity contribution is 6.00. The molecule has 1 saturated heterocycles. The van der Waals surface area contributed by atoms with Gasteiger partial charge in [-0.15, -0.1) is 0 Å². The van der Waals surface area contributed by atoms with Crippen LogP contribution in [0.4, 0.5) is 10.1 Å². The molecule has 2 heterocycles. The van der Waals surface area contributed by atoms with Gasteiger partial charge < -0.3 is 14.5 Å². The molecule has 4 aromatic rings. The van der Waals surface area contributed by atoms with E-state index in [1.807, 2.05) is 70.5 Å². The van der Waals surface area contributed by atoms with Crippen LogP contribution in [0.5, 0.6) is 5.75 Å². The summed E-state index contributed by atoms with van der Waals surface area (Å²) in [7, 11) is 1.61. The second-order valence-corrected chi connectivity index (χ2v) is 8.10. The highest BCUT2D eigenvalue weighted by atomic mass is 19.1. The molecule has 0 bridgehead atoms. The van der Waals surface area contributed by atoms with E-state index in [1.54, 1.807) is 30.1 Å². The van der Waals surface area contributed by atoms with Crippen LogP contribution in [-0.4, -0.2) is 53.9 Å². The Morgan fingerprint density at radius 2 is 1.56 bits per heavy atom. The molecule has 1 aromatic heterocycles. The van der Waals surface area contributed by atoms with Crippen LogP contribution >= 0.6 is 0 Å². The number of hydrogen-bond donors (Lipinski definition) is 0. The fourth-order valence-electron chi connectivity index (χ4n) is 4.31. The Morgan fingerprint density at radius 1 is 0.882 bits per heavy atom. The van der Waals surface area contributed by atoms with E-state index in [1.165, 1.54) is 6.07 Å². The Morgan fingerprint density at radius 3 is 2.29 bits per heavy atom. The molecule has 34 heavy (non-hydrogen) atoms. The number of hydrogen-bond acceptors (Lipinski definition) is 4. The van der Waals surface area contributed by atoms with Gasteiger partial charge in [0.15, 0.2) is 0 Å². The molecular formula is C27H25FN4O2. The average Bonchev–Trinajstić information content (AvgIpc) is 3.34. The summed E-state index contributed by atoms with van der Waals surface area (Å²) in [5.41, 5.74) is 3.27. The number of anilines is 1. The van der Waals surface area contributed by atoms with Crippen LogP contribution in [0.1, 0.15) is 10.4 Å². The van der Waals surface area contributed by atoms with Crippen molar-refractivity contribution in [2.24, 2.45) is 0 Å². The zero-order chi connectivity index (χ0) is 23.5. The Labute approximate surface area is 197 Å². The van der Waals surface area contributed by atoms with Gasteiger partial charge in [-0.25, -0.2) is 9.07 Å². The highest BCUT2D eigenvalue weighted by Crippen LogP contribution is 2.32. The molecule has 7 heteroatoms. The first kappa shape index (κ1) is 21.7. The van der Waals surface area contributed by atoms with Gasteiger partial charge in [0.2, 0.25) is 0 Å². The van der Waals surface area contributed by atoms with Crippen LogP contribution in [0.25, 0.3) is 16.9 Å². The second kappa shape index (κ2) is 9.39. The Bertz CT molecular complexity index is 1300. The zero-order valence-corrected chi connectivity index (χ0v) is 18.9. The van der Waals surface area contributed by atoms with Crippen molar-refractivity contribution in [3.8, 4) is 22.7 Å². The van der Waals surface area contributed by atoms with Gasteiger partial charge in [-0.05, 0) is 36.4 Å². The van der Waals surface area contributed by atoms with Gasteiger partial charge in [0.05, 0.1) is 24.0 Å². The minimum absolute atomic E-state index is 0.101. The number of halogens is 1. The van der Waals surface area contributed by atoms with Crippen molar-refractivity contribution < 1.29 is 13.9 Å². The van der Waals surface area contributed by atoms with E-state index < -0.39 is 0 Å². The molecule has 0 saturated carbocycles. The lowest BCUT2D eigenvalue weighted by atomic mass is 10.1. The third kappa shape index (κ3) is 4.12. The summed E-state index contributed by atoms with van der Waals surface area (Å²) >= 11 is 0. The van der Waals surface area contributed by atoms with Crippen molar-refractivity contribution >= 4 is 11.6 Å². The van der Waals surface area contributed by atoms with Gasteiger partial charge >= 0.3 is 0 Å². The molecule has 0 spiro atoms. The standard InChI is InChI=1S/C27H25FN4O2/c1-34-25-14-8-5-11-21(25)26-22(19-32(29-26)20-9-3-2-4-10-20)27(33)31-17-15-30(16-18-31)24-13-7-6-12-23(24)28/h2-14,19H,15-18H2,1H3. The molecule has 0 atom stereocenters. The second-order valence-electron chi connectivity index (χ2n) is 8.10. The lowest BCUT2D eigenvalue weighted by Gasteiger charge is -2.36. The summed E-state index contributed by atoms with van der Waals surface area (Å²) in [6.45, 7) is 2.11. The maximum absolute atomic E-state index is 14.2. The lowest BCUT2D eigenvalue weighted by molar-refractivity contribution is 0.0747. The van der Waals surface area contributed by atoms with Crippen molar-refractivity contribution in [2.75, 3.05) is 38.2 Å². The number of methoxy groups -OCH3 is 1. The number of ether oxygens (including phenoxy) is 1. The van der Waals surface area contributed by atoms with Crippen LogP contribution in [0.3, 0.4) is 0 Å². The molecule has 1 fully saturated rings. The summed E-state index contributed by atoms with van der Waals surface area (Å²) in [6, 6.07) is 24.0. The van der Waals surface area contributed by atoms with Crippen molar-refractivity contribution in [3.63, 3.8) is 0 Å². The molecule has 5 rings (SSSR count). The molecule has 1 aliphatic heterocycles. The number of piperazine rings is 1. The van der Waals surface area contributed by atoms with Gasteiger partial charge in [-0.2, -0.15) is 5.10 Å². The molecule has 3 aromatic carbocycles. The van der Waals surface area contributed by atoms with E-state index >= 15 is 0 Å². The van der Waals surface area contributed by atoms with Gasteiger partial charge in [-0.3, -0.25) is 4.79 Å². The van der Waals surface area contributed by atoms with Crippen LogP contribution in [-0.2, 0) is 0 Å². The van der Waals surface area contributed by atoms with Gasteiger partial charge in [0.1, 0.15) is 17.3 Å². The molecule has 6 nitrogen and oxygen atoms in total. The fraction of sp³-hybridized carbons (Fsp3) is 0.185. The van der Waals surface area contributed by atoms with Crippen molar-refractivity contribution in [1.82, 2.24) is 14.7 Å². The maximum atomic E-state index is 14.2. The van der Waals surface area contributed by atoms with Crippen LogP contribution < -0.4 is 9.64 Å². The predicted molar refractivity (Wildman–Crippen MR) is 130 cm³/mol. The predicted octanol–water partition coefficient (Wildman–Crippen LogP) is 4.65. The number of nitrogens with zero attached hydrogens (tertiary/aromatic N) is 4. The van der Waals surface area contributed by atoms with Crippen molar-refractivity contribution in [2.45, 2.75) is 0 Å². The first-order valence-corrected chi connectivity index (χ1v) is 11.2. The molecule has 172 valence electrons. The van der Waals surface area contributed by atoms with Crippen LogP contribution in [0, 0.1) is 5.82 Å². The van der Waals surface area contributed by atoms with E-state index in [-0.39, 0.29) is 11.7 Å². The molecule has 0 unspecified atom stereocenters. The molecular weight excluding hydrogens is 431 g/mol. The topological polar surface area (TPSA) is 50.6 Å². The number of carbonyl (C=O) groups is 1. The van der Waals surface area contributed by atoms with Gasteiger partial charge in [0, 0.05) is 37.9 Å². The Balaban J connectivity index is 1.46. The first-order valence-electron chi connectivity index (χ1n) is 11.2. The molecule has 1 amide bonds. The van der Waals surface area contributed by atoms with Crippen molar-refractivity contribution in [3.05, 3.63) is 96.4 Å². The quantitative estimate of drug-likeness (QED) is 0.439. The van der Waals surface area contributed by atoms with E-state index in [0.29, 0.717) is 48.9 Å². The number of para-hydroxylation sites is 3. The highest BCUT2D eigenvalue weighted by Gasteiger charge is 2.28. The molecule has 0 N–H and O–H groups in total. The maximum Gasteiger partial charge on any atom is 0.257 e. The van der Waals surface area contributed by atoms with Crippen LogP contribution in [0.15, 0.2) is 85.1 Å². The number of amides is 1. The lowest BCUT2D eigenvalue weighted by Crippen LogP contribution is -2.49.